The first-order chi connectivity index (χ1) is 3.46. The minimum atomic E-state index is 0. The Kier molecular flexibility index (Phi) is 60.2. The average Bonchev–Trinajstić information content (AvgIpc) is 1.25. The van der Waals surface area contributed by atoms with Gasteiger partial charge in [0.15, 0.2) is 0 Å². The van der Waals surface area contributed by atoms with Crippen LogP contribution in [0.25, 0.3) is 0 Å². The van der Waals surface area contributed by atoms with E-state index in [1.54, 1.807) is 0 Å². The van der Waals surface area contributed by atoms with E-state index in [2.05, 4.69) is 41.5 Å². The molecule has 3 heteroatoms. The van der Waals surface area contributed by atoms with Crippen LogP contribution in [0.1, 0.15) is 41.5 Å². The van der Waals surface area contributed by atoms with Crippen molar-refractivity contribution >= 4 is 0 Å². The minimum absolute atomic E-state index is 0. The van der Waals surface area contributed by atoms with Crippen molar-refractivity contribution in [2.45, 2.75) is 41.5 Å². The summed E-state index contributed by atoms with van der Waals surface area (Å²) in [6.07, 6.45) is 0. The Hall–Kier alpha value is 1.71. The second-order valence-corrected chi connectivity index (χ2v) is 3.00. The monoisotopic (exact) mass is 191 g/mol. The Morgan fingerprint density at radius 2 is 0.545 bits per heavy atom. The fraction of sp³-hybridized carbons (Fsp3) is 0.750. The van der Waals surface area contributed by atoms with E-state index in [1.807, 2.05) is 0 Å². The minimum Gasteiger partial charge on any atom is -0.323 e. The standard InChI is InChI=1S/2C4H9.Cu.2Li/c2*1-4(2)3;;;/h2*1-3H3;;;/q2*-1;;2*+1. The van der Waals surface area contributed by atoms with Gasteiger partial charge >= 0.3 is 37.7 Å². The molecule has 0 rings (SSSR count). The van der Waals surface area contributed by atoms with Crippen molar-refractivity contribution < 1.29 is 54.8 Å². The molecule has 63 valence electrons. The molecule has 0 fully saturated rings. The SMILES string of the molecule is C[C-](C)C.C[C-](C)C.[Cu].[Li+].[Li+]. The second-order valence-electron chi connectivity index (χ2n) is 3.00. The first-order valence-electron chi connectivity index (χ1n) is 3.00. The summed E-state index contributed by atoms with van der Waals surface area (Å²) in [5.41, 5.74) is 0. The van der Waals surface area contributed by atoms with Crippen LogP contribution in [0.2, 0.25) is 0 Å². The third kappa shape index (κ3) is 376. The smallest absolute Gasteiger partial charge is 0.323 e. The van der Waals surface area contributed by atoms with Gasteiger partial charge in [-0.3, -0.25) is 0 Å². The summed E-state index contributed by atoms with van der Waals surface area (Å²) in [5.74, 6) is 2.83. The fourth-order valence-electron chi connectivity index (χ4n) is 0. The van der Waals surface area contributed by atoms with Gasteiger partial charge in [0.2, 0.25) is 0 Å². The molecule has 1 radical (unpaired) electrons. The van der Waals surface area contributed by atoms with Crippen LogP contribution in [-0.4, -0.2) is 0 Å². The summed E-state index contributed by atoms with van der Waals surface area (Å²) in [5, 5.41) is 0. The number of hydrogen-bond donors (Lipinski definition) is 0. The molecule has 0 bridgehead atoms. The van der Waals surface area contributed by atoms with Gasteiger partial charge in [0.05, 0.1) is 0 Å². The van der Waals surface area contributed by atoms with Crippen LogP contribution in [0, 0.1) is 11.8 Å². The fourth-order valence-corrected chi connectivity index (χ4v) is 0. The maximum absolute atomic E-state index is 2.08. The van der Waals surface area contributed by atoms with Gasteiger partial charge in [0.25, 0.3) is 0 Å². The van der Waals surface area contributed by atoms with Crippen molar-refractivity contribution in [3.63, 3.8) is 0 Å². The van der Waals surface area contributed by atoms with Crippen LogP contribution in [0.15, 0.2) is 0 Å². The summed E-state index contributed by atoms with van der Waals surface area (Å²) >= 11 is 0. The second kappa shape index (κ2) is 22.6. The van der Waals surface area contributed by atoms with Crippen LogP contribution >= 0.6 is 0 Å². The average molecular weight is 192 g/mol. The summed E-state index contributed by atoms with van der Waals surface area (Å²) in [6.45, 7) is 12.5. The topological polar surface area (TPSA) is 0 Å². The Balaban J connectivity index is -0.0000000171. The number of hydrogen-bond acceptors (Lipinski definition) is 0. The molecular weight excluding hydrogens is 174 g/mol. The molecule has 0 aliphatic carbocycles. The molecule has 0 saturated heterocycles. The molecule has 0 amide bonds. The predicted octanol–water partition coefficient (Wildman–Crippen LogP) is -2.75. The summed E-state index contributed by atoms with van der Waals surface area (Å²) in [7, 11) is 0. The summed E-state index contributed by atoms with van der Waals surface area (Å²) in [6, 6.07) is 0. The van der Waals surface area contributed by atoms with Crippen molar-refractivity contribution in [2.24, 2.45) is 0 Å². The Morgan fingerprint density at radius 3 is 0.545 bits per heavy atom. The van der Waals surface area contributed by atoms with Gasteiger partial charge in [-0.2, -0.15) is 41.5 Å². The maximum Gasteiger partial charge on any atom is 1.00 e. The molecular formula is C8H18CuLi2. The molecule has 0 heterocycles. The van der Waals surface area contributed by atoms with Gasteiger partial charge in [-0.25, -0.2) is 0 Å². The predicted molar refractivity (Wildman–Crippen MR) is 40.5 cm³/mol. The van der Waals surface area contributed by atoms with Gasteiger partial charge in [-0.1, -0.05) is 0 Å². The quantitative estimate of drug-likeness (QED) is 0.288. The first-order valence-corrected chi connectivity index (χ1v) is 3.00. The van der Waals surface area contributed by atoms with Gasteiger partial charge in [-0.05, 0) is 0 Å². The maximum atomic E-state index is 2.08. The molecule has 0 nitrogen and oxygen atoms in total. The van der Waals surface area contributed by atoms with Crippen LogP contribution in [0.3, 0.4) is 0 Å². The van der Waals surface area contributed by atoms with E-state index in [-0.39, 0.29) is 54.8 Å². The molecule has 0 spiro atoms. The van der Waals surface area contributed by atoms with E-state index in [1.165, 1.54) is 11.8 Å². The van der Waals surface area contributed by atoms with Crippen molar-refractivity contribution in [2.75, 3.05) is 0 Å². The van der Waals surface area contributed by atoms with E-state index in [0.29, 0.717) is 0 Å². The molecule has 0 aromatic heterocycles. The largest absolute Gasteiger partial charge is 1.00 e. The Bertz CT molecular complexity index is 27.6. The molecule has 0 saturated carbocycles. The summed E-state index contributed by atoms with van der Waals surface area (Å²) < 4.78 is 0. The van der Waals surface area contributed by atoms with Crippen molar-refractivity contribution in [1.29, 1.82) is 0 Å². The van der Waals surface area contributed by atoms with Crippen LogP contribution in [0.5, 0.6) is 0 Å². The number of rotatable bonds is 0. The van der Waals surface area contributed by atoms with E-state index in [4.69, 9.17) is 0 Å². The Morgan fingerprint density at radius 1 is 0.545 bits per heavy atom. The molecule has 11 heavy (non-hydrogen) atoms. The normalized spacial score (nSPS) is 6.55. The molecule has 0 N–H and O–H groups in total. The van der Waals surface area contributed by atoms with E-state index in [9.17, 15) is 0 Å². The van der Waals surface area contributed by atoms with Gasteiger partial charge < -0.3 is 11.8 Å². The Labute approximate surface area is 107 Å². The summed E-state index contributed by atoms with van der Waals surface area (Å²) in [4.78, 5) is 0. The zero-order valence-electron chi connectivity index (χ0n) is 9.30. The van der Waals surface area contributed by atoms with E-state index < -0.39 is 0 Å². The molecule has 0 unspecified atom stereocenters. The third-order valence-electron chi connectivity index (χ3n) is 0. The van der Waals surface area contributed by atoms with Crippen LogP contribution in [-0.2, 0) is 17.1 Å². The molecule has 0 aliphatic heterocycles. The first kappa shape index (κ1) is 29.3. The van der Waals surface area contributed by atoms with Crippen LogP contribution in [0.4, 0.5) is 0 Å². The van der Waals surface area contributed by atoms with E-state index >= 15 is 0 Å². The zero-order chi connectivity index (χ0) is 7.15. The molecule has 0 aromatic carbocycles. The van der Waals surface area contributed by atoms with Gasteiger partial charge in [0, 0.05) is 17.1 Å². The van der Waals surface area contributed by atoms with Crippen molar-refractivity contribution in [3.8, 4) is 0 Å². The zero-order valence-corrected chi connectivity index (χ0v) is 10.2. The van der Waals surface area contributed by atoms with Gasteiger partial charge in [-0.15, -0.1) is 0 Å². The van der Waals surface area contributed by atoms with Crippen LogP contribution < -0.4 is 37.7 Å². The van der Waals surface area contributed by atoms with Crippen molar-refractivity contribution in [1.82, 2.24) is 0 Å². The van der Waals surface area contributed by atoms with Gasteiger partial charge in [0.1, 0.15) is 0 Å². The molecule has 0 aliphatic rings. The molecule has 0 aromatic rings. The van der Waals surface area contributed by atoms with E-state index in [0.717, 1.165) is 0 Å². The molecule has 0 atom stereocenters. The van der Waals surface area contributed by atoms with Crippen molar-refractivity contribution in [3.05, 3.63) is 11.8 Å². The third-order valence-corrected chi connectivity index (χ3v) is 0.